The van der Waals surface area contributed by atoms with E-state index in [-0.39, 0.29) is 31.9 Å². The Hall–Kier alpha value is -7.59. The second-order valence-corrected chi connectivity index (χ2v) is 23.1. The summed E-state index contributed by atoms with van der Waals surface area (Å²) in [5.74, 6) is 1.97. The van der Waals surface area contributed by atoms with Crippen LogP contribution in [-0.4, -0.2) is 14.1 Å². The Morgan fingerprint density at radius 2 is 1.07 bits per heavy atom. The van der Waals surface area contributed by atoms with Crippen molar-refractivity contribution >= 4 is 21.8 Å². The van der Waals surface area contributed by atoms with Gasteiger partial charge < -0.3 is 13.9 Å². The van der Waals surface area contributed by atoms with E-state index < -0.39 is 10.8 Å². The van der Waals surface area contributed by atoms with E-state index in [1.165, 1.54) is 27.8 Å². The third kappa shape index (κ3) is 10.0. The third-order valence-electron chi connectivity index (χ3n) is 15.1. The first-order valence-corrected chi connectivity index (χ1v) is 26.1. The van der Waals surface area contributed by atoms with Crippen LogP contribution in [0.5, 0.6) is 11.5 Å². The predicted octanol–water partition coefficient (Wildman–Crippen LogP) is 17.0. The minimum absolute atomic E-state index is 0. The molecule has 0 saturated carbocycles. The van der Waals surface area contributed by atoms with E-state index in [0.717, 1.165) is 66.9 Å². The van der Waals surface area contributed by atoms with E-state index >= 15 is 0 Å². The quantitative estimate of drug-likeness (QED) is 0.0956. The van der Waals surface area contributed by atoms with Gasteiger partial charge in [-0.05, 0) is 102 Å². The van der Waals surface area contributed by atoms with Crippen LogP contribution < -0.4 is 9.30 Å². The Kier molecular flexibility index (Phi) is 13.8. The zero-order valence-electron chi connectivity index (χ0n) is 45.1. The van der Waals surface area contributed by atoms with Crippen molar-refractivity contribution in [2.24, 2.45) is 0 Å². The van der Waals surface area contributed by atoms with E-state index in [9.17, 15) is 0 Å². The zero-order valence-corrected chi connectivity index (χ0v) is 47.4. The van der Waals surface area contributed by atoms with Gasteiger partial charge in [-0.2, -0.15) is 12.1 Å². The number of fused-ring (bicyclic) bond motifs is 3. The maximum absolute atomic E-state index is 7.12. The monoisotopic (exact) mass is 1170 g/mol. The third-order valence-corrected chi connectivity index (χ3v) is 15.1. The second-order valence-electron chi connectivity index (χ2n) is 23.1. The van der Waals surface area contributed by atoms with E-state index in [1.807, 2.05) is 12.3 Å². The summed E-state index contributed by atoms with van der Waals surface area (Å²) < 4.78 is 13.7. The summed E-state index contributed by atoms with van der Waals surface area (Å²) in [5, 5.41) is 2.18. The number of nitrogens with zero attached hydrogens (tertiary/aromatic N) is 4. The average Bonchev–Trinajstić information content (AvgIpc) is 4.02. The predicted molar refractivity (Wildman–Crippen MR) is 308 cm³/mol. The van der Waals surface area contributed by atoms with Gasteiger partial charge in [-0.15, -0.1) is 35.2 Å². The Bertz CT molecular complexity index is 3860. The Morgan fingerprint density at radius 1 is 0.461 bits per heavy atom. The molecule has 0 atom stereocenters. The van der Waals surface area contributed by atoms with Gasteiger partial charge in [-0.1, -0.05) is 214 Å². The minimum atomic E-state index is -0.461. The molecule has 0 N–H and O–H groups in total. The van der Waals surface area contributed by atoms with E-state index in [0.29, 0.717) is 11.5 Å². The van der Waals surface area contributed by atoms with Gasteiger partial charge in [-0.3, -0.25) is 4.57 Å². The van der Waals surface area contributed by atoms with Gasteiger partial charge in [0.1, 0.15) is 5.82 Å². The summed E-state index contributed by atoms with van der Waals surface area (Å²) in [6.45, 7) is 22.7. The van der Waals surface area contributed by atoms with Crippen molar-refractivity contribution in [3.63, 3.8) is 0 Å². The fourth-order valence-corrected chi connectivity index (χ4v) is 10.4. The molecule has 0 spiro atoms. The van der Waals surface area contributed by atoms with Crippen LogP contribution in [0.4, 0.5) is 0 Å². The molecule has 0 radical (unpaired) electrons. The summed E-state index contributed by atoms with van der Waals surface area (Å²) in [4.78, 5) is 5.00. The van der Waals surface area contributed by atoms with Crippen molar-refractivity contribution in [1.82, 2.24) is 14.1 Å². The van der Waals surface area contributed by atoms with E-state index in [2.05, 4.69) is 296 Å². The van der Waals surface area contributed by atoms with Crippen LogP contribution in [-0.2, 0) is 42.7 Å². The van der Waals surface area contributed by atoms with Crippen LogP contribution in [0.25, 0.3) is 61.3 Å². The molecule has 11 rings (SSSR count). The molecule has 382 valence electrons. The smallest absolute Gasteiger partial charge is 0.267 e. The second kappa shape index (κ2) is 20.2. The van der Waals surface area contributed by atoms with Crippen molar-refractivity contribution in [3.8, 4) is 50.9 Å². The van der Waals surface area contributed by atoms with Gasteiger partial charge in [0.05, 0.1) is 11.4 Å². The van der Waals surface area contributed by atoms with Crippen LogP contribution in [0.3, 0.4) is 0 Å². The van der Waals surface area contributed by atoms with E-state index in [1.54, 1.807) is 0 Å². The van der Waals surface area contributed by atoms with Gasteiger partial charge >= 0.3 is 0 Å². The Balaban J connectivity index is 0.00000657. The van der Waals surface area contributed by atoms with Crippen molar-refractivity contribution < 1.29 is 30.4 Å². The van der Waals surface area contributed by atoms with Crippen molar-refractivity contribution in [3.05, 3.63) is 258 Å². The average molecular weight is 1170 g/mol. The molecule has 0 bridgehead atoms. The number of aromatic nitrogens is 4. The van der Waals surface area contributed by atoms with E-state index in [4.69, 9.17) is 9.72 Å². The minimum Gasteiger partial charge on any atom is -0.510 e. The summed E-state index contributed by atoms with van der Waals surface area (Å²) in [7, 11) is 0. The standard InChI is InChI=1S/C70H64N4O.Pt/c1-67(2,3)54-35-36-71-66(43-54)74-63-34-31-50(48-23-15-11-16-24-48)39-62(63)61-33-32-59(45-64(61)74)75-60-42-56(69(7,8)52-27-19-13-20-28-52)41-58(44-60)73-47-72(46-65(73)70(9,10)53-29-21-14-22-30-53)57-38-51(49-25-17-12-18-26-49)37-55(40-57)68(4,5)6;/h11-43,46H,1-10H3;/q-2;. The van der Waals surface area contributed by atoms with Gasteiger partial charge in [0.2, 0.25) is 0 Å². The molecule has 0 aliphatic heterocycles. The van der Waals surface area contributed by atoms with Crippen molar-refractivity contribution in [1.29, 1.82) is 0 Å². The number of imidazole rings is 1. The van der Waals surface area contributed by atoms with Crippen LogP contribution in [0.1, 0.15) is 103 Å². The first-order chi connectivity index (χ1) is 35.9. The number of hydrogen-bond acceptors (Lipinski definition) is 2. The molecule has 3 aromatic heterocycles. The Labute approximate surface area is 463 Å². The molecular weight excluding hydrogens is 1110 g/mol. The fourth-order valence-electron chi connectivity index (χ4n) is 10.4. The van der Waals surface area contributed by atoms with Gasteiger partial charge in [0.15, 0.2) is 0 Å². The van der Waals surface area contributed by atoms with Crippen LogP contribution in [0.15, 0.2) is 207 Å². The normalized spacial score (nSPS) is 12.2. The van der Waals surface area contributed by atoms with Crippen molar-refractivity contribution in [2.75, 3.05) is 0 Å². The molecule has 0 unspecified atom stereocenters. The summed E-state index contributed by atoms with van der Waals surface area (Å²) >= 11 is 0. The number of benzene rings is 8. The summed E-state index contributed by atoms with van der Waals surface area (Å²) in [6.07, 6.45) is 8.05. The molecule has 0 aliphatic rings. The molecule has 0 saturated heterocycles. The van der Waals surface area contributed by atoms with Crippen molar-refractivity contribution in [2.45, 2.75) is 90.9 Å². The molecule has 3 heterocycles. The molecule has 0 aliphatic carbocycles. The van der Waals surface area contributed by atoms with Gasteiger partial charge in [0.25, 0.3) is 6.33 Å². The summed E-state index contributed by atoms with van der Waals surface area (Å²) in [6, 6.07) is 76.8. The number of pyridine rings is 1. The Morgan fingerprint density at radius 3 is 1.70 bits per heavy atom. The molecule has 11 aromatic rings. The molecule has 0 fully saturated rings. The van der Waals surface area contributed by atoms with Gasteiger partial charge in [-0.25, -0.2) is 4.98 Å². The molecular formula is C70H64N4OPt-2. The van der Waals surface area contributed by atoms with Crippen LogP contribution in [0, 0.1) is 18.5 Å². The number of ether oxygens (including phenoxy) is 1. The summed E-state index contributed by atoms with van der Waals surface area (Å²) in [5.41, 5.74) is 14.3. The van der Waals surface area contributed by atoms with Crippen LogP contribution >= 0.6 is 0 Å². The maximum Gasteiger partial charge on any atom is 0.267 e. The maximum atomic E-state index is 7.12. The number of hydrogen-bond donors (Lipinski definition) is 0. The first-order valence-electron chi connectivity index (χ1n) is 26.1. The fraction of sp³-hybridized carbons (Fsp3) is 0.200. The first kappa shape index (κ1) is 51.9. The molecule has 76 heavy (non-hydrogen) atoms. The molecule has 6 heteroatoms. The topological polar surface area (TPSA) is 35.9 Å². The number of rotatable bonds is 11. The van der Waals surface area contributed by atoms with Gasteiger partial charge in [0, 0.05) is 55.9 Å². The van der Waals surface area contributed by atoms with Crippen LogP contribution in [0.2, 0.25) is 0 Å². The molecule has 0 amide bonds. The largest absolute Gasteiger partial charge is 0.510 e. The molecule has 5 nitrogen and oxygen atoms in total. The SMILES string of the molecule is CC(C)(C)c1cc(-c2ccccc2)cc(-[n+]2[c-]n(-c3[c-]c(Oc4[c-]c5c(cc4)c4cc(-c6ccccc6)ccc4n5-c4cc(C(C)(C)C)ccn4)cc(C(C)(C)c4ccccc4)c3)c(C(C)(C)c3ccccc3)c2)c1.[Pt]. The zero-order chi connectivity index (χ0) is 52.3. The molecule has 8 aromatic carbocycles.